The monoisotopic (exact) mass is 382 g/mol. The maximum absolute atomic E-state index is 12.8. The lowest BCUT2D eigenvalue weighted by Crippen LogP contribution is -2.42. The molecule has 2 aromatic carbocycles. The lowest BCUT2D eigenvalue weighted by molar-refractivity contribution is -0.135. The number of hydrogen-bond donors (Lipinski definition) is 0. The summed E-state index contributed by atoms with van der Waals surface area (Å²) in [6.07, 6.45) is 1.54. The second kappa shape index (κ2) is 8.06. The van der Waals surface area contributed by atoms with Crippen LogP contribution in [0.3, 0.4) is 0 Å². The molecule has 0 aliphatic carbocycles. The maximum atomic E-state index is 12.8. The first-order valence-corrected chi connectivity index (χ1v) is 10.1. The van der Waals surface area contributed by atoms with Crippen molar-refractivity contribution in [1.29, 1.82) is 5.26 Å². The van der Waals surface area contributed by atoms with Gasteiger partial charge in [0.15, 0.2) is 16.4 Å². The summed E-state index contributed by atoms with van der Waals surface area (Å²) in [7, 11) is -3.29. The molecule has 7 heteroatoms. The zero-order valence-corrected chi connectivity index (χ0v) is 15.3. The summed E-state index contributed by atoms with van der Waals surface area (Å²) in [5, 5.41) is 9.97. The third-order valence-electron chi connectivity index (χ3n) is 4.17. The Labute approximate surface area is 158 Å². The van der Waals surface area contributed by atoms with Crippen molar-refractivity contribution in [2.75, 3.05) is 12.4 Å². The number of hydrogen-bond acceptors (Lipinski definition) is 5. The summed E-state index contributed by atoms with van der Waals surface area (Å²) < 4.78 is 29.1. The Balaban J connectivity index is 1.72. The van der Waals surface area contributed by atoms with Crippen LogP contribution in [0, 0.1) is 11.3 Å². The van der Waals surface area contributed by atoms with Gasteiger partial charge in [-0.25, -0.2) is 8.42 Å². The predicted molar refractivity (Wildman–Crippen MR) is 100 cm³/mol. The molecule has 1 aliphatic rings. The van der Waals surface area contributed by atoms with E-state index in [0.717, 1.165) is 11.0 Å². The van der Waals surface area contributed by atoms with Gasteiger partial charge >= 0.3 is 0 Å². The fourth-order valence-electron chi connectivity index (χ4n) is 2.78. The molecule has 0 aromatic heterocycles. The number of nitriles is 1. The van der Waals surface area contributed by atoms with Gasteiger partial charge < -0.3 is 9.64 Å². The Morgan fingerprint density at radius 2 is 1.85 bits per heavy atom. The minimum atomic E-state index is -3.29. The molecule has 1 atom stereocenters. The molecule has 27 heavy (non-hydrogen) atoms. The molecule has 3 rings (SSSR count). The van der Waals surface area contributed by atoms with Crippen molar-refractivity contribution in [2.45, 2.75) is 12.6 Å². The van der Waals surface area contributed by atoms with Crippen LogP contribution in [-0.4, -0.2) is 37.6 Å². The third-order valence-corrected chi connectivity index (χ3v) is 5.55. The van der Waals surface area contributed by atoms with E-state index in [4.69, 9.17) is 10.00 Å². The van der Waals surface area contributed by atoms with Gasteiger partial charge in [0.25, 0.3) is 5.91 Å². The van der Waals surface area contributed by atoms with Gasteiger partial charge in [0.2, 0.25) is 0 Å². The van der Waals surface area contributed by atoms with Gasteiger partial charge in [-0.1, -0.05) is 30.3 Å². The second-order valence-electron chi connectivity index (χ2n) is 6.16. The van der Waals surface area contributed by atoms with Gasteiger partial charge in [-0.15, -0.1) is 0 Å². The van der Waals surface area contributed by atoms with Crippen molar-refractivity contribution in [3.05, 3.63) is 77.2 Å². The number of benzene rings is 2. The fraction of sp³-hybridized carbons (Fsp3) is 0.200. The first kappa shape index (κ1) is 18.7. The summed E-state index contributed by atoms with van der Waals surface area (Å²) in [5.41, 5.74) is 1.41. The molecule has 0 radical (unpaired) electrons. The summed E-state index contributed by atoms with van der Waals surface area (Å²) >= 11 is 0. The molecule has 1 aliphatic heterocycles. The number of ether oxygens (including phenoxy) is 1. The Morgan fingerprint density at radius 3 is 2.44 bits per heavy atom. The van der Waals surface area contributed by atoms with Gasteiger partial charge in [0.1, 0.15) is 5.75 Å². The summed E-state index contributed by atoms with van der Waals surface area (Å²) in [5.74, 6) is 0.0363. The summed E-state index contributed by atoms with van der Waals surface area (Å²) in [4.78, 5) is 14.3. The molecule has 138 valence electrons. The molecule has 0 spiro atoms. The van der Waals surface area contributed by atoms with Crippen molar-refractivity contribution in [3.8, 4) is 11.8 Å². The Kier molecular flexibility index (Phi) is 5.57. The standard InChI is InChI=1S/C20H18N2O4S/c21-12-16-6-8-19(9-7-16)26-14-20(23)22(13-17-4-2-1-3-5-17)18-10-11-27(24,25)15-18/h1-11,18H,13-15H2/t18-/m0/s1. The van der Waals surface area contributed by atoms with E-state index < -0.39 is 15.9 Å². The molecular weight excluding hydrogens is 364 g/mol. The van der Waals surface area contributed by atoms with Crippen LogP contribution in [0.4, 0.5) is 0 Å². The highest BCUT2D eigenvalue weighted by Gasteiger charge is 2.30. The van der Waals surface area contributed by atoms with Crippen molar-refractivity contribution >= 4 is 15.7 Å². The average Bonchev–Trinajstić information content (AvgIpc) is 3.05. The molecule has 0 fully saturated rings. The number of sulfone groups is 1. The van der Waals surface area contributed by atoms with E-state index in [1.807, 2.05) is 36.4 Å². The topological polar surface area (TPSA) is 87.5 Å². The molecule has 6 nitrogen and oxygen atoms in total. The first-order chi connectivity index (χ1) is 13.0. The highest BCUT2D eigenvalue weighted by molar-refractivity contribution is 7.94. The minimum absolute atomic E-state index is 0.123. The lowest BCUT2D eigenvalue weighted by atomic mass is 10.2. The molecule has 1 heterocycles. The van der Waals surface area contributed by atoms with E-state index in [1.54, 1.807) is 24.3 Å². The van der Waals surface area contributed by atoms with Crippen molar-refractivity contribution in [3.63, 3.8) is 0 Å². The van der Waals surface area contributed by atoms with Gasteiger partial charge in [0, 0.05) is 12.0 Å². The number of rotatable bonds is 6. The smallest absolute Gasteiger partial charge is 0.261 e. The molecule has 0 unspecified atom stereocenters. The van der Waals surface area contributed by atoms with Gasteiger partial charge in [-0.2, -0.15) is 5.26 Å². The van der Waals surface area contributed by atoms with E-state index in [-0.39, 0.29) is 18.3 Å². The van der Waals surface area contributed by atoms with Crippen LogP contribution in [0.2, 0.25) is 0 Å². The van der Waals surface area contributed by atoms with Crippen LogP contribution < -0.4 is 4.74 Å². The van der Waals surface area contributed by atoms with Crippen molar-refractivity contribution in [1.82, 2.24) is 4.90 Å². The van der Waals surface area contributed by atoms with E-state index in [0.29, 0.717) is 17.9 Å². The first-order valence-electron chi connectivity index (χ1n) is 8.34. The zero-order chi connectivity index (χ0) is 19.3. The molecule has 1 amide bonds. The predicted octanol–water partition coefficient (Wildman–Crippen LogP) is 2.28. The number of nitrogens with zero attached hydrogens (tertiary/aromatic N) is 2. The van der Waals surface area contributed by atoms with Crippen LogP contribution in [0.5, 0.6) is 5.75 Å². The molecule has 0 saturated heterocycles. The lowest BCUT2D eigenvalue weighted by Gasteiger charge is -2.27. The Bertz CT molecular complexity index is 977. The summed E-state index contributed by atoms with van der Waals surface area (Å²) in [6, 6.07) is 17.3. The quantitative estimate of drug-likeness (QED) is 0.765. The second-order valence-corrected chi connectivity index (χ2v) is 8.09. The van der Waals surface area contributed by atoms with Crippen molar-refractivity contribution in [2.24, 2.45) is 0 Å². The SMILES string of the molecule is N#Cc1ccc(OCC(=O)N(Cc2ccccc2)[C@H]2C=CS(=O)(=O)C2)cc1. The molecule has 0 N–H and O–H groups in total. The van der Waals surface area contributed by atoms with Crippen LogP contribution in [0.1, 0.15) is 11.1 Å². The zero-order valence-electron chi connectivity index (χ0n) is 14.5. The Morgan fingerprint density at radius 1 is 1.15 bits per heavy atom. The third kappa shape index (κ3) is 4.96. The maximum Gasteiger partial charge on any atom is 0.261 e. The van der Waals surface area contributed by atoms with E-state index in [2.05, 4.69) is 0 Å². The molecule has 0 bridgehead atoms. The average molecular weight is 382 g/mol. The van der Waals surface area contributed by atoms with E-state index in [1.165, 1.54) is 11.0 Å². The minimum Gasteiger partial charge on any atom is -0.484 e. The van der Waals surface area contributed by atoms with Gasteiger partial charge in [0.05, 0.1) is 23.4 Å². The van der Waals surface area contributed by atoms with Crippen LogP contribution >= 0.6 is 0 Å². The van der Waals surface area contributed by atoms with Crippen LogP contribution in [-0.2, 0) is 21.2 Å². The van der Waals surface area contributed by atoms with Crippen LogP contribution in [0.15, 0.2) is 66.1 Å². The fourth-order valence-corrected chi connectivity index (χ4v) is 4.08. The Hall–Kier alpha value is -3.11. The summed E-state index contributed by atoms with van der Waals surface area (Å²) in [6.45, 7) is 0.0735. The number of amides is 1. The highest BCUT2D eigenvalue weighted by Crippen LogP contribution is 2.19. The molecule has 2 aromatic rings. The van der Waals surface area contributed by atoms with Gasteiger partial charge in [-0.3, -0.25) is 4.79 Å². The number of carbonyl (C=O) groups excluding carboxylic acids is 1. The van der Waals surface area contributed by atoms with E-state index in [9.17, 15) is 13.2 Å². The van der Waals surface area contributed by atoms with E-state index >= 15 is 0 Å². The number of carbonyl (C=O) groups is 1. The molecule has 0 saturated carbocycles. The largest absolute Gasteiger partial charge is 0.484 e. The van der Waals surface area contributed by atoms with Crippen LogP contribution in [0.25, 0.3) is 0 Å². The van der Waals surface area contributed by atoms with Crippen molar-refractivity contribution < 1.29 is 17.9 Å². The molecular formula is C20H18N2O4S. The normalized spacial score (nSPS) is 17.2. The van der Waals surface area contributed by atoms with Gasteiger partial charge in [-0.05, 0) is 35.9 Å². The highest BCUT2D eigenvalue weighted by atomic mass is 32.2.